The summed E-state index contributed by atoms with van der Waals surface area (Å²) < 4.78 is 32.1. The zero-order valence-corrected chi connectivity index (χ0v) is 36.0. The first kappa shape index (κ1) is 42.9. The van der Waals surface area contributed by atoms with Crippen LogP contribution in [0.2, 0.25) is 0 Å². The fourth-order valence-electron chi connectivity index (χ4n) is 9.15. The number of imidazole rings is 1. The van der Waals surface area contributed by atoms with Crippen molar-refractivity contribution in [1.82, 2.24) is 44.5 Å². The number of imide groups is 2. The second-order valence-corrected chi connectivity index (χ2v) is 16.7. The van der Waals surface area contributed by atoms with Crippen LogP contribution >= 0.6 is 0 Å². The highest BCUT2D eigenvalue weighted by Gasteiger charge is 2.46. The van der Waals surface area contributed by atoms with Crippen LogP contribution in [0.3, 0.4) is 0 Å². The number of nitrogens with zero attached hydrogens (tertiary/aromatic N) is 10. The lowest BCUT2D eigenvalue weighted by Gasteiger charge is -2.37. The molecule has 4 aliphatic heterocycles. The molecule has 1 atom stereocenters. The van der Waals surface area contributed by atoms with Crippen LogP contribution < -0.4 is 20.4 Å². The van der Waals surface area contributed by atoms with Gasteiger partial charge in [0.1, 0.15) is 28.9 Å². The van der Waals surface area contributed by atoms with Gasteiger partial charge in [-0.2, -0.15) is 0 Å². The molecule has 0 bridgehead atoms. The molecule has 18 nitrogen and oxygen atoms in total. The van der Waals surface area contributed by atoms with Crippen LogP contribution in [-0.2, 0) is 19.2 Å². The molecule has 3 aromatic heterocycles. The summed E-state index contributed by atoms with van der Waals surface area (Å²) in [5.41, 5.74) is 2.72. The Morgan fingerprint density at radius 3 is 2.15 bits per heavy atom. The summed E-state index contributed by atoms with van der Waals surface area (Å²) in [5.74, 6) is -2.67. The minimum Gasteiger partial charge on any atom is -0.367 e. The van der Waals surface area contributed by atoms with E-state index in [0.29, 0.717) is 75.2 Å². The Balaban J connectivity index is 0.744. The molecule has 9 rings (SSSR count). The standard InChI is InChI=1S/C45H46F2N12O6/c1-25(2)58-26(3)50-41-30(46)21-27(22-34(41)58)40-31(47)24-49-45(53-40)51-35-9-7-28(23-48-35)54-13-17-56(18-14-54)37(61)11-12-38(62)57-19-15-55(16-20-57)32-6-4-5-29-39(32)44(65)59(43(29)64)33-8-10-36(60)52-42(33)63/h4-7,9,21-25,33H,8,10-20H2,1-3H3,(H,52,60,63)(H,48,49,51,53). The lowest BCUT2D eigenvalue weighted by molar-refractivity contribution is -0.137. The Labute approximate surface area is 371 Å². The van der Waals surface area contributed by atoms with Crippen LogP contribution in [-0.4, -0.2) is 133 Å². The third kappa shape index (κ3) is 8.19. The minimum absolute atomic E-state index is 0.00850. The first-order valence-corrected chi connectivity index (χ1v) is 21.6. The number of fused-ring (bicyclic) bond motifs is 2. The van der Waals surface area contributed by atoms with E-state index in [2.05, 4.69) is 35.5 Å². The van der Waals surface area contributed by atoms with Crippen molar-refractivity contribution in [2.24, 2.45) is 0 Å². The van der Waals surface area contributed by atoms with E-state index in [4.69, 9.17) is 0 Å². The van der Waals surface area contributed by atoms with Crippen LogP contribution in [0.15, 0.2) is 54.9 Å². The summed E-state index contributed by atoms with van der Waals surface area (Å²) >= 11 is 0. The van der Waals surface area contributed by atoms with Crippen LogP contribution in [0.5, 0.6) is 0 Å². The Morgan fingerprint density at radius 2 is 1.51 bits per heavy atom. The van der Waals surface area contributed by atoms with E-state index >= 15 is 8.78 Å². The van der Waals surface area contributed by atoms with Crippen molar-refractivity contribution >= 4 is 69.6 Å². The predicted octanol–water partition coefficient (Wildman–Crippen LogP) is 3.98. The topological polar surface area (TPSA) is 199 Å². The number of piperazine rings is 2. The smallest absolute Gasteiger partial charge is 0.264 e. The number of halogens is 2. The summed E-state index contributed by atoms with van der Waals surface area (Å²) in [6, 6.07) is 10.4. The number of pyridine rings is 1. The number of benzene rings is 2. The van der Waals surface area contributed by atoms with Gasteiger partial charge >= 0.3 is 0 Å². The van der Waals surface area contributed by atoms with Gasteiger partial charge in [-0.15, -0.1) is 0 Å². The normalized spacial score (nSPS) is 17.9. The molecule has 4 aliphatic rings. The van der Waals surface area contributed by atoms with Crippen molar-refractivity contribution in [1.29, 1.82) is 0 Å². The highest BCUT2D eigenvalue weighted by Crippen LogP contribution is 2.35. The lowest BCUT2D eigenvalue weighted by Crippen LogP contribution is -2.54. The highest BCUT2D eigenvalue weighted by molar-refractivity contribution is 6.25. The van der Waals surface area contributed by atoms with Gasteiger partial charge < -0.3 is 29.5 Å². The van der Waals surface area contributed by atoms with Gasteiger partial charge in [-0.1, -0.05) is 6.07 Å². The number of hydrogen-bond donors (Lipinski definition) is 2. The van der Waals surface area contributed by atoms with Gasteiger partial charge in [0.25, 0.3) is 11.8 Å². The number of aryl methyl sites for hydroxylation is 1. The van der Waals surface area contributed by atoms with E-state index in [0.717, 1.165) is 16.8 Å². The summed E-state index contributed by atoms with van der Waals surface area (Å²) in [6.07, 6.45) is 2.93. The largest absolute Gasteiger partial charge is 0.367 e. The molecule has 7 heterocycles. The van der Waals surface area contributed by atoms with Crippen molar-refractivity contribution in [3.63, 3.8) is 0 Å². The van der Waals surface area contributed by atoms with Crippen molar-refractivity contribution in [3.05, 3.63) is 83.4 Å². The molecule has 6 amide bonds. The van der Waals surface area contributed by atoms with Crippen molar-refractivity contribution < 1.29 is 37.5 Å². The van der Waals surface area contributed by atoms with Gasteiger partial charge in [0, 0.05) is 83.2 Å². The van der Waals surface area contributed by atoms with E-state index in [1.807, 2.05) is 29.4 Å². The lowest BCUT2D eigenvalue weighted by atomic mass is 10.0. The summed E-state index contributed by atoms with van der Waals surface area (Å²) in [5, 5.41) is 5.21. The molecular formula is C45H46F2N12O6. The van der Waals surface area contributed by atoms with Gasteiger partial charge in [0.05, 0.1) is 40.4 Å². The van der Waals surface area contributed by atoms with Crippen LogP contribution in [0.25, 0.3) is 22.3 Å². The van der Waals surface area contributed by atoms with Crippen LogP contribution in [0, 0.1) is 18.6 Å². The molecule has 1 unspecified atom stereocenters. The van der Waals surface area contributed by atoms with Crippen LogP contribution in [0.4, 0.5) is 31.9 Å². The fraction of sp³-hybridized carbons (Fsp3) is 0.378. The Morgan fingerprint density at radius 1 is 0.815 bits per heavy atom. The fourth-order valence-corrected chi connectivity index (χ4v) is 9.15. The van der Waals surface area contributed by atoms with Crippen molar-refractivity contribution in [2.75, 3.05) is 67.5 Å². The van der Waals surface area contributed by atoms with Gasteiger partial charge in [0.15, 0.2) is 11.6 Å². The molecule has 0 spiro atoms. The SMILES string of the molecule is Cc1nc2c(F)cc(-c3nc(Nc4ccc(N5CCN(C(=O)CCC(=O)N6CCN(c7cccc8c7C(=O)N(C7CCC(=O)NC7=O)C8=O)CC6)CC5)cn4)ncc3F)cc2n1C(C)C. The number of amides is 6. The Bertz CT molecular complexity index is 2760. The maximum Gasteiger partial charge on any atom is 0.264 e. The second kappa shape index (κ2) is 17.3. The maximum atomic E-state index is 15.2. The van der Waals surface area contributed by atoms with E-state index < -0.39 is 41.3 Å². The van der Waals surface area contributed by atoms with Gasteiger partial charge in [-0.05, 0) is 63.6 Å². The molecule has 2 N–H and O–H groups in total. The van der Waals surface area contributed by atoms with E-state index in [-0.39, 0.29) is 77.4 Å². The van der Waals surface area contributed by atoms with Gasteiger partial charge in [0.2, 0.25) is 29.6 Å². The van der Waals surface area contributed by atoms with Gasteiger partial charge in [-0.3, -0.25) is 39.0 Å². The summed E-state index contributed by atoms with van der Waals surface area (Å²) in [6.45, 7) is 9.28. The maximum absolute atomic E-state index is 15.2. The van der Waals surface area contributed by atoms with Crippen LogP contribution in [0.1, 0.15) is 72.1 Å². The monoisotopic (exact) mass is 888 g/mol. The first-order valence-electron chi connectivity index (χ1n) is 21.6. The molecular weight excluding hydrogens is 843 g/mol. The number of aromatic nitrogens is 5. The third-order valence-corrected chi connectivity index (χ3v) is 12.4. The van der Waals surface area contributed by atoms with E-state index in [1.165, 1.54) is 6.07 Å². The van der Waals surface area contributed by atoms with Crippen molar-refractivity contribution in [2.45, 2.75) is 58.5 Å². The van der Waals surface area contributed by atoms with Gasteiger partial charge in [-0.25, -0.2) is 28.7 Å². The number of carbonyl (C=O) groups excluding carboxylic acids is 6. The Hall–Kier alpha value is -7.38. The summed E-state index contributed by atoms with van der Waals surface area (Å²) in [7, 11) is 0. The molecule has 65 heavy (non-hydrogen) atoms. The summed E-state index contributed by atoms with van der Waals surface area (Å²) in [4.78, 5) is 103. The molecule has 5 aromatic rings. The average Bonchev–Trinajstić information content (AvgIpc) is 3.78. The predicted molar refractivity (Wildman–Crippen MR) is 233 cm³/mol. The van der Waals surface area contributed by atoms with E-state index in [1.54, 1.807) is 53.3 Å². The molecule has 0 radical (unpaired) electrons. The third-order valence-electron chi connectivity index (χ3n) is 12.4. The molecule has 0 saturated carbocycles. The number of carbonyl (C=O) groups is 6. The quantitative estimate of drug-likeness (QED) is 0.191. The number of nitrogens with one attached hydrogen (secondary N) is 2. The number of anilines is 4. The highest BCUT2D eigenvalue weighted by atomic mass is 19.1. The second-order valence-electron chi connectivity index (χ2n) is 16.7. The molecule has 3 saturated heterocycles. The molecule has 3 fully saturated rings. The number of rotatable bonds is 10. The first-order chi connectivity index (χ1) is 31.2. The van der Waals surface area contributed by atoms with E-state index in [9.17, 15) is 28.8 Å². The number of piperidine rings is 1. The average molecular weight is 889 g/mol. The zero-order chi connectivity index (χ0) is 45.7. The molecule has 20 heteroatoms. The Kier molecular flexibility index (Phi) is 11.4. The van der Waals surface area contributed by atoms with Crippen molar-refractivity contribution in [3.8, 4) is 11.3 Å². The number of hydrogen-bond acceptors (Lipinski definition) is 13. The zero-order valence-electron chi connectivity index (χ0n) is 36.0. The molecule has 0 aliphatic carbocycles. The molecule has 336 valence electrons. The minimum atomic E-state index is -1.06. The molecule has 2 aromatic carbocycles.